The fraction of sp³-hybridized carbons (Fsp3) is 0.615. The van der Waals surface area contributed by atoms with Crippen molar-refractivity contribution in [2.45, 2.75) is 25.0 Å². The Morgan fingerprint density at radius 3 is 2.85 bits per heavy atom. The molecule has 2 atom stereocenters. The van der Waals surface area contributed by atoms with Gasteiger partial charge in [0.05, 0.1) is 5.69 Å². The van der Waals surface area contributed by atoms with Crippen LogP contribution in [0.25, 0.3) is 0 Å². The van der Waals surface area contributed by atoms with Gasteiger partial charge in [0.1, 0.15) is 5.25 Å². The maximum Gasteiger partial charge on any atom is 0.222 e. The Bertz CT molecular complexity index is 510. The highest BCUT2D eigenvalue weighted by Gasteiger charge is 2.33. The Kier molecular flexibility index (Phi) is 6.39. The van der Waals surface area contributed by atoms with Gasteiger partial charge >= 0.3 is 0 Å². The molecule has 1 fully saturated rings. The van der Waals surface area contributed by atoms with Crippen molar-refractivity contribution in [3.05, 3.63) is 30.1 Å². The summed E-state index contributed by atoms with van der Waals surface area (Å²) in [4.78, 5) is 4.15. The van der Waals surface area contributed by atoms with Crippen molar-refractivity contribution in [1.29, 1.82) is 0 Å². The third-order valence-electron chi connectivity index (χ3n) is 3.73. The highest BCUT2D eigenvalue weighted by atomic mass is 35.5. The van der Waals surface area contributed by atoms with E-state index in [4.69, 9.17) is 5.73 Å². The van der Waals surface area contributed by atoms with Crippen LogP contribution in [0.1, 0.15) is 30.7 Å². The first-order valence-corrected chi connectivity index (χ1v) is 8.16. The van der Waals surface area contributed by atoms with Gasteiger partial charge in [-0.05, 0) is 44.4 Å². The van der Waals surface area contributed by atoms with Crippen LogP contribution in [0.15, 0.2) is 24.4 Å². The number of nitrogens with zero attached hydrogens (tertiary/aromatic N) is 2. The minimum Gasteiger partial charge on any atom is -0.330 e. The van der Waals surface area contributed by atoms with Crippen molar-refractivity contribution < 1.29 is 8.42 Å². The van der Waals surface area contributed by atoms with Crippen LogP contribution in [-0.4, -0.2) is 37.3 Å². The van der Waals surface area contributed by atoms with Crippen LogP contribution in [0.3, 0.4) is 0 Å². The molecule has 2 unspecified atom stereocenters. The van der Waals surface area contributed by atoms with Crippen LogP contribution in [0, 0.1) is 5.92 Å². The van der Waals surface area contributed by atoms with E-state index in [2.05, 4.69) is 4.98 Å². The summed E-state index contributed by atoms with van der Waals surface area (Å²) in [5, 5.41) is -0.606. The molecule has 2 rings (SSSR count). The average Bonchev–Trinajstić information content (AvgIpc) is 2.47. The number of halogens is 1. The molecule has 5 nitrogen and oxygen atoms in total. The average molecular weight is 320 g/mol. The molecule has 7 heteroatoms. The number of hydrogen-bond acceptors (Lipinski definition) is 4. The second-order valence-corrected chi connectivity index (χ2v) is 7.30. The molecule has 0 bridgehead atoms. The first-order valence-electron chi connectivity index (χ1n) is 6.65. The third kappa shape index (κ3) is 3.69. The van der Waals surface area contributed by atoms with Crippen LogP contribution in [0.2, 0.25) is 0 Å². The van der Waals surface area contributed by atoms with Gasteiger partial charge in [-0.3, -0.25) is 4.98 Å². The second kappa shape index (κ2) is 7.36. The van der Waals surface area contributed by atoms with E-state index < -0.39 is 15.3 Å². The minimum atomic E-state index is -3.34. The maximum atomic E-state index is 12.6. The summed E-state index contributed by atoms with van der Waals surface area (Å²) >= 11 is 0. The fourth-order valence-corrected chi connectivity index (χ4v) is 4.14. The van der Waals surface area contributed by atoms with Gasteiger partial charge in [-0.25, -0.2) is 12.7 Å². The van der Waals surface area contributed by atoms with Gasteiger partial charge in [-0.1, -0.05) is 6.07 Å². The highest BCUT2D eigenvalue weighted by Crippen LogP contribution is 2.27. The van der Waals surface area contributed by atoms with Gasteiger partial charge in [0.25, 0.3) is 0 Å². The van der Waals surface area contributed by atoms with E-state index in [9.17, 15) is 8.42 Å². The van der Waals surface area contributed by atoms with Crippen molar-refractivity contribution in [1.82, 2.24) is 9.29 Å². The number of rotatable bonds is 4. The molecule has 0 saturated carbocycles. The molecule has 1 aliphatic rings. The standard InChI is InChI=1S/C13H21N3O2S.ClH/c1-11(13-6-2-3-7-15-13)19(17,18)16-8-4-5-12(9-14)10-16;/h2-3,6-7,11-12H,4-5,8-10,14H2,1H3;1H. The maximum absolute atomic E-state index is 12.6. The first kappa shape index (κ1) is 17.4. The Morgan fingerprint density at radius 2 is 2.25 bits per heavy atom. The molecule has 0 aliphatic carbocycles. The lowest BCUT2D eigenvalue weighted by molar-refractivity contribution is 0.269. The van der Waals surface area contributed by atoms with Crippen molar-refractivity contribution in [3.8, 4) is 0 Å². The number of nitrogens with two attached hydrogens (primary N) is 1. The van der Waals surface area contributed by atoms with E-state index in [1.165, 1.54) is 0 Å². The van der Waals surface area contributed by atoms with E-state index in [0.29, 0.717) is 25.3 Å². The zero-order chi connectivity index (χ0) is 13.9. The Morgan fingerprint density at radius 1 is 1.50 bits per heavy atom. The molecule has 1 saturated heterocycles. The summed E-state index contributed by atoms with van der Waals surface area (Å²) in [6.45, 7) is 3.37. The van der Waals surface area contributed by atoms with Crippen LogP contribution < -0.4 is 5.73 Å². The summed E-state index contributed by atoms with van der Waals surface area (Å²) in [7, 11) is -3.34. The zero-order valence-electron chi connectivity index (χ0n) is 11.6. The van der Waals surface area contributed by atoms with Gasteiger partial charge in [0, 0.05) is 19.3 Å². The molecule has 114 valence electrons. The first-order chi connectivity index (χ1) is 9.05. The Hall–Kier alpha value is -0.690. The number of pyridine rings is 1. The third-order valence-corrected chi connectivity index (χ3v) is 5.91. The number of aromatic nitrogens is 1. The summed E-state index contributed by atoms with van der Waals surface area (Å²) < 4.78 is 26.8. The van der Waals surface area contributed by atoms with Crippen LogP contribution in [0.4, 0.5) is 0 Å². The molecule has 2 heterocycles. The number of sulfonamides is 1. The van der Waals surface area contributed by atoms with Gasteiger partial charge in [0.2, 0.25) is 10.0 Å². The van der Waals surface area contributed by atoms with E-state index in [1.54, 1.807) is 29.6 Å². The molecule has 0 amide bonds. The molecule has 0 radical (unpaired) electrons. The molecule has 1 aromatic rings. The molecule has 1 aliphatic heterocycles. The van der Waals surface area contributed by atoms with E-state index >= 15 is 0 Å². The van der Waals surface area contributed by atoms with Crippen molar-refractivity contribution in [2.75, 3.05) is 19.6 Å². The number of piperidine rings is 1. The van der Waals surface area contributed by atoms with Gasteiger partial charge in [-0.15, -0.1) is 12.4 Å². The van der Waals surface area contributed by atoms with E-state index in [-0.39, 0.29) is 18.3 Å². The monoisotopic (exact) mass is 319 g/mol. The van der Waals surface area contributed by atoms with Crippen LogP contribution in [0.5, 0.6) is 0 Å². The predicted octanol–water partition coefficient (Wildman–Crippen LogP) is 1.56. The Balaban J connectivity index is 0.00000200. The summed E-state index contributed by atoms with van der Waals surface area (Å²) in [6.07, 6.45) is 3.52. The van der Waals surface area contributed by atoms with Crippen LogP contribution in [-0.2, 0) is 10.0 Å². The normalized spacial score (nSPS) is 22.0. The minimum absolute atomic E-state index is 0. The quantitative estimate of drug-likeness (QED) is 0.914. The second-order valence-electron chi connectivity index (χ2n) is 5.04. The summed E-state index contributed by atoms with van der Waals surface area (Å²) in [5.41, 5.74) is 6.26. The zero-order valence-corrected chi connectivity index (χ0v) is 13.2. The molecule has 2 N–H and O–H groups in total. The molecular weight excluding hydrogens is 298 g/mol. The van der Waals surface area contributed by atoms with E-state index in [0.717, 1.165) is 12.8 Å². The van der Waals surface area contributed by atoms with Crippen molar-refractivity contribution in [3.63, 3.8) is 0 Å². The lowest BCUT2D eigenvalue weighted by atomic mass is 10.0. The topological polar surface area (TPSA) is 76.3 Å². The fourth-order valence-electron chi connectivity index (χ4n) is 2.44. The lowest BCUT2D eigenvalue weighted by Crippen LogP contribution is -2.43. The SMILES string of the molecule is CC(c1ccccn1)S(=O)(=O)N1CCCC(CN)C1.Cl. The van der Waals surface area contributed by atoms with Gasteiger partial charge in [0.15, 0.2) is 0 Å². The predicted molar refractivity (Wildman–Crippen MR) is 82.2 cm³/mol. The largest absolute Gasteiger partial charge is 0.330 e. The molecule has 0 aromatic carbocycles. The van der Waals surface area contributed by atoms with Gasteiger partial charge in [-0.2, -0.15) is 0 Å². The molecule has 0 spiro atoms. The summed E-state index contributed by atoms with van der Waals surface area (Å²) in [5.74, 6) is 0.277. The highest BCUT2D eigenvalue weighted by molar-refractivity contribution is 7.89. The van der Waals surface area contributed by atoms with Gasteiger partial charge < -0.3 is 5.73 Å². The Labute approximate surface area is 127 Å². The number of hydrogen-bond donors (Lipinski definition) is 1. The van der Waals surface area contributed by atoms with E-state index in [1.807, 2.05) is 6.07 Å². The van der Waals surface area contributed by atoms with Crippen molar-refractivity contribution in [2.24, 2.45) is 11.7 Å². The van der Waals surface area contributed by atoms with Crippen molar-refractivity contribution >= 4 is 22.4 Å². The molecule has 1 aromatic heterocycles. The molecular formula is C13H22ClN3O2S. The lowest BCUT2D eigenvalue weighted by Gasteiger charge is -2.33. The molecule has 20 heavy (non-hydrogen) atoms. The smallest absolute Gasteiger partial charge is 0.222 e. The summed E-state index contributed by atoms with van der Waals surface area (Å²) in [6, 6.07) is 5.36. The van der Waals surface area contributed by atoms with Crippen LogP contribution >= 0.6 is 12.4 Å².